The van der Waals surface area contributed by atoms with E-state index in [1.165, 1.54) is 12.1 Å². The van der Waals surface area contributed by atoms with Crippen LogP contribution in [0.1, 0.15) is 42.2 Å². The van der Waals surface area contributed by atoms with Crippen LogP contribution < -0.4 is 0 Å². The highest BCUT2D eigenvalue weighted by Gasteiger charge is 2.47. The smallest absolute Gasteiger partial charge is 0.249 e. The quantitative estimate of drug-likeness (QED) is 0.682. The molecule has 148 valence electrons. The number of aryl methyl sites for hydroxylation is 1. The van der Waals surface area contributed by atoms with Crippen molar-refractivity contribution < 1.29 is 13.9 Å². The number of amides is 1. The lowest BCUT2D eigenvalue weighted by molar-refractivity contribution is -0.160. The Morgan fingerprint density at radius 2 is 1.97 bits per heavy atom. The van der Waals surface area contributed by atoms with E-state index in [4.69, 9.17) is 4.74 Å². The van der Waals surface area contributed by atoms with Crippen LogP contribution in [0.5, 0.6) is 0 Å². The van der Waals surface area contributed by atoms with Crippen LogP contribution >= 0.6 is 0 Å². The summed E-state index contributed by atoms with van der Waals surface area (Å²) >= 11 is 0. The van der Waals surface area contributed by atoms with Crippen molar-refractivity contribution in [3.05, 3.63) is 71.8 Å². The highest BCUT2D eigenvalue weighted by atomic mass is 19.1. The summed E-state index contributed by atoms with van der Waals surface area (Å²) in [5.41, 5.74) is 1.58. The topological polar surface area (TPSA) is 73.1 Å². The van der Waals surface area contributed by atoms with Gasteiger partial charge in [0.1, 0.15) is 24.4 Å². The molecular formula is C21H20FN5O2. The molecule has 0 N–H and O–H groups in total. The van der Waals surface area contributed by atoms with Gasteiger partial charge in [-0.25, -0.2) is 14.1 Å². The van der Waals surface area contributed by atoms with E-state index in [2.05, 4.69) is 15.1 Å². The SMILES string of the molecule is Cc1nc([C@H]2OCC(=O)N(C3CC3)[C@@H]2c2cccnc2)n(-c2ccc(F)cc2)n1. The largest absolute Gasteiger partial charge is 0.358 e. The molecule has 29 heavy (non-hydrogen) atoms. The number of aromatic nitrogens is 4. The maximum Gasteiger partial charge on any atom is 0.249 e. The van der Waals surface area contributed by atoms with Crippen LogP contribution in [0, 0.1) is 12.7 Å². The Morgan fingerprint density at radius 1 is 1.17 bits per heavy atom. The normalized spacial score (nSPS) is 22.1. The molecule has 1 saturated carbocycles. The summed E-state index contributed by atoms with van der Waals surface area (Å²) in [7, 11) is 0. The van der Waals surface area contributed by atoms with Crippen LogP contribution in [0.25, 0.3) is 5.69 Å². The minimum Gasteiger partial charge on any atom is -0.358 e. The minimum atomic E-state index is -0.510. The lowest BCUT2D eigenvalue weighted by Crippen LogP contribution is -2.47. The molecule has 2 aromatic heterocycles. The van der Waals surface area contributed by atoms with Crippen LogP contribution in [0.4, 0.5) is 4.39 Å². The molecule has 1 saturated heterocycles. The summed E-state index contributed by atoms with van der Waals surface area (Å²) in [5.74, 6) is 0.816. The van der Waals surface area contributed by atoms with Crippen LogP contribution in [0.2, 0.25) is 0 Å². The molecule has 0 spiro atoms. The van der Waals surface area contributed by atoms with E-state index in [0.717, 1.165) is 18.4 Å². The van der Waals surface area contributed by atoms with Crippen molar-refractivity contribution >= 4 is 5.91 Å². The van der Waals surface area contributed by atoms with E-state index in [9.17, 15) is 9.18 Å². The zero-order valence-electron chi connectivity index (χ0n) is 15.9. The Morgan fingerprint density at radius 3 is 2.66 bits per heavy atom. The second-order valence-electron chi connectivity index (χ2n) is 7.40. The fraction of sp³-hybridized carbons (Fsp3) is 0.333. The number of hydrogen-bond acceptors (Lipinski definition) is 5. The van der Waals surface area contributed by atoms with Crippen LogP contribution in [0.15, 0.2) is 48.8 Å². The number of morpholine rings is 1. The third-order valence-corrected chi connectivity index (χ3v) is 5.29. The molecule has 3 aromatic rings. The standard InChI is InChI=1S/C21H20FN5O2/c1-13-24-21(27(25-13)17-6-4-15(22)5-7-17)20-19(14-3-2-10-23-11-14)26(16-8-9-16)18(28)12-29-20/h2-7,10-11,16,19-20H,8-9,12H2,1H3/t19-,20+/m1/s1. The summed E-state index contributed by atoms with van der Waals surface area (Å²) in [6.07, 6.45) is 4.93. The van der Waals surface area contributed by atoms with Gasteiger partial charge in [-0.2, -0.15) is 5.10 Å². The summed E-state index contributed by atoms with van der Waals surface area (Å²) in [6.45, 7) is 1.79. The molecule has 1 aromatic carbocycles. The molecule has 3 heterocycles. The number of benzene rings is 1. The average molecular weight is 393 g/mol. The maximum atomic E-state index is 13.4. The summed E-state index contributed by atoms with van der Waals surface area (Å²) in [6, 6.07) is 9.74. The van der Waals surface area contributed by atoms with Crippen LogP contribution in [-0.2, 0) is 9.53 Å². The maximum absolute atomic E-state index is 13.4. The van der Waals surface area contributed by atoms with E-state index < -0.39 is 6.10 Å². The number of rotatable bonds is 4. The van der Waals surface area contributed by atoms with Gasteiger partial charge in [0.15, 0.2) is 5.82 Å². The van der Waals surface area contributed by atoms with Crippen LogP contribution in [-0.4, -0.2) is 43.2 Å². The molecule has 2 fully saturated rings. The summed E-state index contributed by atoms with van der Waals surface area (Å²) in [5, 5.41) is 4.50. The van der Waals surface area contributed by atoms with Crippen molar-refractivity contribution in [3.8, 4) is 5.69 Å². The highest BCUT2D eigenvalue weighted by molar-refractivity contribution is 5.79. The molecule has 0 bridgehead atoms. The molecule has 0 radical (unpaired) electrons. The number of hydrogen-bond donors (Lipinski definition) is 0. The Bertz CT molecular complexity index is 1030. The van der Waals surface area contributed by atoms with Gasteiger partial charge in [0.2, 0.25) is 5.91 Å². The number of pyridine rings is 1. The molecule has 1 aliphatic carbocycles. The van der Waals surface area contributed by atoms with E-state index in [1.54, 1.807) is 36.1 Å². The van der Waals surface area contributed by atoms with Crippen molar-refractivity contribution in [2.45, 2.75) is 38.0 Å². The predicted octanol–water partition coefficient (Wildman–Crippen LogP) is 2.91. The molecule has 2 atom stereocenters. The van der Waals surface area contributed by atoms with Gasteiger partial charge in [0.05, 0.1) is 11.7 Å². The highest BCUT2D eigenvalue weighted by Crippen LogP contribution is 2.45. The molecular weight excluding hydrogens is 373 g/mol. The Labute approximate surface area is 167 Å². The zero-order valence-corrected chi connectivity index (χ0v) is 15.9. The Balaban J connectivity index is 1.62. The van der Waals surface area contributed by atoms with Gasteiger partial charge in [-0.05, 0) is 55.7 Å². The number of ether oxygens (including phenoxy) is 1. The van der Waals surface area contributed by atoms with E-state index in [1.807, 2.05) is 17.0 Å². The van der Waals surface area contributed by atoms with Crippen molar-refractivity contribution in [1.29, 1.82) is 0 Å². The van der Waals surface area contributed by atoms with Gasteiger partial charge < -0.3 is 9.64 Å². The van der Waals surface area contributed by atoms with E-state index >= 15 is 0 Å². The van der Waals surface area contributed by atoms with Crippen molar-refractivity contribution in [2.24, 2.45) is 0 Å². The van der Waals surface area contributed by atoms with Crippen molar-refractivity contribution in [2.75, 3.05) is 6.61 Å². The molecule has 1 aliphatic heterocycles. The van der Waals surface area contributed by atoms with Gasteiger partial charge in [-0.1, -0.05) is 6.07 Å². The molecule has 5 rings (SSSR count). The Kier molecular flexibility index (Phi) is 4.35. The second kappa shape index (κ2) is 7.04. The molecule has 8 heteroatoms. The summed E-state index contributed by atoms with van der Waals surface area (Å²) < 4.78 is 21.1. The molecule has 7 nitrogen and oxygen atoms in total. The minimum absolute atomic E-state index is 0.00669. The van der Waals surface area contributed by atoms with E-state index in [-0.39, 0.29) is 30.4 Å². The first kappa shape index (κ1) is 17.9. The van der Waals surface area contributed by atoms with Crippen molar-refractivity contribution in [3.63, 3.8) is 0 Å². The fourth-order valence-corrected chi connectivity index (χ4v) is 3.90. The third kappa shape index (κ3) is 3.29. The van der Waals surface area contributed by atoms with Gasteiger partial charge in [0.25, 0.3) is 0 Å². The van der Waals surface area contributed by atoms with Gasteiger partial charge in [0, 0.05) is 18.4 Å². The first-order valence-corrected chi connectivity index (χ1v) is 9.64. The number of carbonyl (C=O) groups excluding carboxylic acids is 1. The third-order valence-electron chi connectivity index (χ3n) is 5.29. The zero-order chi connectivity index (χ0) is 20.0. The number of halogens is 1. The monoisotopic (exact) mass is 393 g/mol. The molecule has 1 amide bonds. The lowest BCUT2D eigenvalue weighted by atomic mass is 9.98. The van der Waals surface area contributed by atoms with E-state index in [0.29, 0.717) is 17.3 Å². The molecule has 2 aliphatic rings. The van der Waals surface area contributed by atoms with Crippen LogP contribution in [0.3, 0.4) is 0 Å². The first-order chi connectivity index (χ1) is 14.1. The lowest BCUT2D eigenvalue weighted by Gasteiger charge is -2.41. The van der Waals surface area contributed by atoms with Crippen molar-refractivity contribution in [1.82, 2.24) is 24.6 Å². The number of carbonyl (C=O) groups is 1. The number of nitrogens with zero attached hydrogens (tertiary/aromatic N) is 5. The Hall–Kier alpha value is -3.13. The summed E-state index contributed by atoms with van der Waals surface area (Å²) in [4.78, 5) is 23.5. The predicted molar refractivity (Wildman–Crippen MR) is 102 cm³/mol. The van der Waals surface area contributed by atoms with Gasteiger partial charge in [-0.3, -0.25) is 9.78 Å². The van der Waals surface area contributed by atoms with Gasteiger partial charge >= 0.3 is 0 Å². The molecule has 0 unspecified atom stereocenters. The van der Waals surface area contributed by atoms with Gasteiger partial charge in [-0.15, -0.1) is 0 Å². The first-order valence-electron chi connectivity index (χ1n) is 9.64. The average Bonchev–Trinajstić information content (AvgIpc) is 3.50. The second-order valence-corrected chi connectivity index (χ2v) is 7.40. The fourth-order valence-electron chi connectivity index (χ4n) is 3.90.